The maximum Gasteiger partial charge on any atom is 0.165 e. The van der Waals surface area contributed by atoms with E-state index in [4.69, 9.17) is 10.5 Å². The fraction of sp³-hybridized carbons (Fsp3) is 0.583. The highest BCUT2D eigenvalue weighted by Gasteiger charge is 2.59. The summed E-state index contributed by atoms with van der Waals surface area (Å²) in [5.41, 5.74) is 6.37. The highest BCUT2D eigenvalue weighted by molar-refractivity contribution is 5.81. The predicted octanol–water partition coefficient (Wildman–Crippen LogP) is -0.908. The number of aliphatic hydroxyl groups excluding tert-OH is 2. The van der Waals surface area contributed by atoms with Crippen molar-refractivity contribution in [3.8, 4) is 0 Å². The minimum Gasteiger partial charge on any atom is -0.396 e. The van der Waals surface area contributed by atoms with Crippen LogP contribution in [0, 0.1) is 5.41 Å². The zero-order chi connectivity index (χ0) is 13.9. The van der Waals surface area contributed by atoms with E-state index >= 15 is 0 Å². The summed E-state index contributed by atoms with van der Waals surface area (Å²) in [6.07, 6.45) is 2.64. The van der Waals surface area contributed by atoms with Crippen LogP contribution >= 0.6 is 0 Å². The van der Waals surface area contributed by atoms with Gasteiger partial charge in [-0.3, -0.25) is 0 Å². The first-order valence-corrected chi connectivity index (χ1v) is 6.50. The third-order valence-electron chi connectivity index (χ3n) is 4.56. The van der Waals surface area contributed by atoms with Crippen LogP contribution in [0.5, 0.6) is 0 Å². The molecule has 2 aromatic heterocycles. The van der Waals surface area contributed by atoms with E-state index in [9.17, 15) is 10.2 Å². The number of aromatic nitrogens is 4. The third kappa shape index (κ3) is 1.33. The lowest BCUT2D eigenvalue weighted by Gasteiger charge is -2.28. The van der Waals surface area contributed by atoms with Crippen LogP contribution in [-0.2, 0) is 4.74 Å². The molecule has 0 spiro atoms. The SMILES string of the molecule is Nc1ncnc2c1ncn2[C@@H]1C[C@]2(CO)CO[C@@H]1[C@@H]2O. The molecule has 0 amide bonds. The molecule has 0 radical (unpaired) electrons. The number of anilines is 1. The Morgan fingerprint density at radius 2 is 2.30 bits per heavy atom. The Kier molecular flexibility index (Phi) is 2.33. The lowest BCUT2D eigenvalue weighted by Crippen LogP contribution is -2.34. The molecule has 4 rings (SSSR count). The largest absolute Gasteiger partial charge is 0.396 e. The molecule has 20 heavy (non-hydrogen) atoms. The molecule has 0 unspecified atom stereocenters. The van der Waals surface area contributed by atoms with Crippen LogP contribution in [0.2, 0.25) is 0 Å². The number of nitrogens with zero attached hydrogens (tertiary/aromatic N) is 4. The van der Waals surface area contributed by atoms with Crippen LogP contribution in [0.3, 0.4) is 0 Å². The second kappa shape index (κ2) is 3.87. The van der Waals surface area contributed by atoms with Crippen molar-refractivity contribution in [3.63, 3.8) is 0 Å². The van der Waals surface area contributed by atoms with E-state index in [2.05, 4.69) is 15.0 Å². The minimum atomic E-state index is -0.672. The average molecular weight is 277 g/mol. The van der Waals surface area contributed by atoms with Crippen LogP contribution in [-0.4, -0.2) is 55.2 Å². The molecule has 2 aliphatic rings. The maximum absolute atomic E-state index is 10.3. The minimum absolute atomic E-state index is 0.0923. The van der Waals surface area contributed by atoms with Gasteiger partial charge in [-0.1, -0.05) is 0 Å². The van der Waals surface area contributed by atoms with Crippen LogP contribution in [0.4, 0.5) is 5.82 Å². The van der Waals surface area contributed by atoms with Gasteiger partial charge in [0.15, 0.2) is 11.5 Å². The number of fused-ring (bicyclic) bond motifs is 3. The van der Waals surface area contributed by atoms with Crippen LogP contribution < -0.4 is 5.73 Å². The molecule has 106 valence electrons. The summed E-state index contributed by atoms with van der Waals surface area (Å²) in [5, 5.41) is 19.9. The first-order chi connectivity index (χ1) is 9.66. The second-order valence-electron chi connectivity index (χ2n) is 5.60. The molecule has 4 N–H and O–H groups in total. The summed E-state index contributed by atoms with van der Waals surface area (Å²) < 4.78 is 7.50. The number of ether oxygens (including phenoxy) is 1. The molecule has 8 heteroatoms. The quantitative estimate of drug-likeness (QED) is 0.650. The molecule has 1 aliphatic carbocycles. The number of nitrogen functional groups attached to an aromatic ring is 1. The summed E-state index contributed by atoms with van der Waals surface area (Å²) in [4.78, 5) is 12.4. The lowest BCUT2D eigenvalue weighted by atomic mass is 9.87. The van der Waals surface area contributed by atoms with Crippen molar-refractivity contribution in [2.75, 3.05) is 18.9 Å². The molecule has 4 atom stereocenters. The van der Waals surface area contributed by atoms with Gasteiger partial charge in [-0.05, 0) is 6.42 Å². The number of hydrogen-bond acceptors (Lipinski definition) is 7. The van der Waals surface area contributed by atoms with Crippen molar-refractivity contribution in [2.45, 2.75) is 24.7 Å². The average Bonchev–Trinajstić information content (AvgIpc) is 3.10. The van der Waals surface area contributed by atoms with Gasteiger partial charge in [0.05, 0.1) is 31.7 Å². The molecule has 1 saturated carbocycles. The summed E-state index contributed by atoms with van der Waals surface area (Å²) in [5.74, 6) is 0.329. The topological polar surface area (TPSA) is 119 Å². The Labute approximate surface area is 114 Å². The number of nitrogens with two attached hydrogens (primary N) is 1. The zero-order valence-corrected chi connectivity index (χ0v) is 10.7. The zero-order valence-electron chi connectivity index (χ0n) is 10.7. The van der Waals surface area contributed by atoms with Gasteiger partial charge in [-0.2, -0.15) is 0 Å². The lowest BCUT2D eigenvalue weighted by molar-refractivity contribution is -0.00163. The van der Waals surface area contributed by atoms with E-state index in [-0.39, 0.29) is 18.8 Å². The van der Waals surface area contributed by atoms with Crippen LogP contribution in [0.1, 0.15) is 12.5 Å². The van der Waals surface area contributed by atoms with Gasteiger partial charge < -0.3 is 25.3 Å². The monoisotopic (exact) mass is 277 g/mol. The molecule has 2 fully saturated rings. The van der Waals surface area contributed by atoms with Gasteiger partial charge in [0.25, 0.3) is 0 Å². The molecule has 2 bridgehead atoms. The first-order valence-electron chi connectivity index (χ1n) is 6.50. The van der Waals surface area contributed by atoms with Gasteiger partial charge in [0, 0.05) is 5.41 Å². The van der Waals surface area contributed by atoms with Crippen molar-refractivity contribution in [1.29, 1.82) is 0 Å². The molecule has 2 aromatic rings. The summed E-state index contributed by atoms with van der Waals surface area (Å²) in [7, 11) is 0. The van der Waals surface area contributed by atoms with E-state index in [0.29, 0.717) is 30.0 Å². The number of aliphatic hydroxyl groups is 2. The second-order valence-corrected chi connectivity index (χ2v) is 5.60. The molecule has 1 aliphatic heterocycles. The van der Waals surface area contributed by atoms with E-state index in [1.807, 2.05) is 4.57 Å². The van der Waals surface area contributed by atoms with Gasteiger partial charge >= 0.3 is 0 Å². The van der Waals surface area contributed by atoms with E-state index < -0.39 is 11.5 Å². The van der Waals surface area contributed by atoms with Crippen molar-refractivity contribution < 1.29 is 14.9 Å². The Balaban J connectivity index is 1.80. The van der Waals surface area contributed by atoms with Crippen LogP contribution in [0.25, 0.3) is 11.2 Å². The van der Waals surface area contributed by atoms with Crippen molar-refractivity contribution in [1.82, 2.24) is 19.5 Å². The Morgan fingerprint density at radius 3 is 3.05 bits per heavy atom. The number of imidazole rings is 1. The molecular weight excluding hydrogens is 262 g/mol. The summed E-state index contributed by atoms with van der Waals surface area (Å²) >= 11 is 0. The smallest absolute Gasteiger partial charge is 0.165 e. The summed E-state index contributed by atoms with van der Waals surface area (Å²) in [6.45, 7) is 0.292. The fourth-order valence-corrected chi connectivity index (χ4v) is 3.39. The molecule has 1 saturated heterocycles. The van der Waals surface area contributed by atoms with E-state index in [1.54, 1.807) is 6.33 Å². The molecule has 0 aromatic carbocycles. The Morgan fingerprint density at radius 1 is 1.45 bits per heavy atom. The van der Waals surface area contributed by atoms with Gasteiger partial charge in [-0.15, -0.1) is 0 Å². The Bertz CT molecular complexity index is 674. The standard InChI is InChI=1S/C12H15N5O3/c13-10-7-11(15-4-14-10)17(5-16-7)6-1-12(2-18)3-20-8(6)9(12)19/h4-6,8-9,18-19H,1-3H2,(H2,13,14,15)/t6-,8+,9+,12+/m1/s1. The highest BCUT2D eigenvalue weighted by Crippen LogP contribution is 2.51. The Hall–Kier alpha value is -1.77. The number of rotatable bonds is 2. The first kappa shape index (κ1) is 12.0. The van der Waals surface area contributed by atoms with Gasteiger partial charge in [0.1, 0.15) is 17.9 Å². The normalized spacial score (nSPS) is 36.0. The molecule has 8 nitrogen and oxygen atoms in total. The van der Waals surface area contributed by atoms with E-state index in [0.717, 1.165) is 0 Å². The van der Waals surface area contributed by atoms with Gasteiger partial charge in [-0.25, -0.2) is 15.0 Å². The summed E-state index contributed by atoms with van der Waals surface area (Å²) in [6, 6.07) is -0.106. The maximum atomic E-state index is 10.3. The number of hydrogen-bond donors (Lipinski definition) is 3. The van der Waals surface area contributed by atoms with Crippen LogP contribution in [0.15, 0.2) is 12.7 Å². The third-order valence-corrected chi connectivity index (χ3v) is 4.56. The van der Waals surface area contributed by atoms with Crippen molar-refractivity contribution in [2.24, 2.45) is 5.41 Å². The fourth-order valence-electron chi connectivity index (χ4n) is 3.39. The highest BCUT2D eigenvalue weighted by atomic mass is 16.5. The van der Waals surface area contributed by atoms with Crippen molar-refractivity contribution in [3.05, 3.63) is 12.7 Å². The van der Waals surface area contributed by atoms with Crippen molar-refractivity contribution >= 4 is 17.0 Å². The molecular formula is C12H15N5O3. The van der Waals surface area contributed by atoms with Gasteiger partial charge in [0.2, 0.25) is 0 Å². The molecule has 3 heterocycles. The predicted molar refractivity (Wildman–Crippen MR) is 68.7 cm³/mol. The van der Waals surface area contributed by atoms with E-state index in [1.165, 1.54) is 6.33 Å².